The molecule has 1 aromatic carbocycles. The number of carboxylic acid groups (broad SMARTS) is 2. The largest absolute Gasteiger partial charge is 0.481 e. The second-order valence-corrected chi connectivity index (χ2v) is 5.13. The summed E-state index contributed by atoms with van der Waals surface area (Å²) in [5.74, 6) is -2.93. The third-order valence-corrected chi connectivity index (χ3v) is 3.28. The third-order valence-electron chi connectivity index (χ3n) is 2.62. The van der Waals surface area contributed by atoms with Gasteiger partial charge in [-0.05, 0) is 47.0 Å². The van der Waals surface area contributed by atoms with Crippen molar-refractivity contribution in [3.63, 3.8) is 0 Å². The number of halogens is 1. The number of hydrogen-bond donors (Lipinski definition) is 3. The molecule has 0 saturated carbocycles. The second-order valence-electron chi connectivity index (χ2n) is 4.28. The Morgan fingerprint density at radius 1 is 1.30 bits per heavy atom. The van der Waals surface area contributed by atoms with E-state index in [1.54, 1.807) is 18.2 Å². The number of amides is 1. The molecule has 0 aliphatic rings. The Balaban J connectivity index is 2.80. The molecule has 3 N–H and O–H groups in total. The van der Waals surface area contributed by atoms with Gasteiger partial charge in [-0.1, -0.05) is 6.07 Å². The monoisotopic (exact) mass is 343 g/mol. The van der Waals surface area contributed by atoms with Crippen molar-refractivity contribution >= 4 is 33.8 Å². The standard InChI is InChI=1S/C13H14BrNO5/c1-7-2-3-8(9(14)6-7)12(18)15-10(13(19)20)4-5-11(16)17/h2-3,6,10H,4-5H2,1H3,(H,15,18)(H,16,17)(H,19,20). The van der Waals surface area contributed by atoms with Crippen molar-refractivity contribution in [1.29, 1.82) is 0 Å². The van der Waals surface area contributed by atoms with Gasteiger partial charge in [0.25, 0.3) is 5.91 Å². The normalized spacial score (nSPS) is 11.7. The Morgan fingerprint density at radius 3 is 2.45 bits per heavy atom. The maximum absolute atomic E-state index is 12.0. The molecular weight excluding hydrogens is 330 g/mol. The van der Waals surface area contributed by atoms with E-state index in [0.29, 0.717) is 10.0 Å². The minimum atomic E-state index is -1.26. The summed E-state index contributed by atoms with van der Waals surface area (Å²) in [6.45, 7) is 1.86. The average molecular weight is 344 g/mol. The molecule has 0 aliphatic heterocycles. The number of hydrogen-bond acceptors (Lipinski definition) is 3. The fourth-order valence-corrected chi connectivity index (χ4v) is 2.24. The lowest BCUT2D eigenvalue weighted by molar-refractivity contribution is -0.140. The van der Waals surface area contributed by atoms with E-state index in [2.05, 4.69) is 21.2 Å². The van der Waals surface area contributed by atoms with Crippen LogP contribution in [0.2, 0.25) is 0 Å². The summed E-state index contributed by atoms with van der Waals surface area (Å²) in [6.07, 6.45) is -0.494. The van der Waals surface area contributed by atoms with E-state index in [9.17, 15) is 14.4 Å². The smallest absolute Gasteiger partial charge is 0.326 e. The minimum Gasteiger partial charge on any atom is -0.481 e. The molecule has 0 saturated heterocycles. The molecule has 0 heterocycles. The van der Waals surface area contributed by atoms with Gasteiger partial charge in [-0.2, -0.15) is 0 Å². The Morgan fingerprint density at radius 2 is 1.95 bits per heavy atom. The highest BCUT2D eigenvalue weighted by Gasteiger charge is 2.22. The van der Waals surface area contributed by atoms with Gasteiger partial charge in [-0.3, -0.25) is 9.59 Å². The fraction of sp³-hybridized carbons (Fsp3) is 0.308. The Hall–Kier alpha value is -1.89. The zero-order valence-corrected chi connectivity index (χ0v) is 12.3. The van der Waals surface area contributed by atoms with Crippen LogP contribution in [-0.4, -0.2) is 34.1 Å². The van der Waals surface area contributed by atoms with Gasteiger partial charge in [-0.25, -0.2) is 4.79 Å². The fourth-order valence-electron chi connectivity index (χ4n) is 1.57. The van der Waals surface area contributed by atoms with Crippen molar-refractivity contribution in [2.45, 2.75) is 25.8 Å². The first-order valence-electron chi connectivity index (χ1n) is 5.83. The number of carboxylic acids is 2. The van der Waals surface area contributed by atoms with E-state index in [1.807, 2.05) is 6.92 Å². The summed E-state index contributed by atoms with van der Waals surface area (Å²) in [5, 5.41) is 19.8. The lowest BCUT2D eigenvalue weighted by Gasteiger charge is -2.14. The molecule has 1 rings (SSSR count). The lowest BCUT2D eigenvalue weighted by atomic mass is 10.1. The zero-order chi connectivity index (χ0) is 15.3. The van der Waals surface area contributed by atoms with Crippen LogP contribution < -0.4 is 5.32 Å². The van der Waals surface area contributed by atoms with Crippen molar-refractivity contribution in [2.75, 3.05) is 0 Å². The number of nitrogens with one attached hydrogen (secondary N) is 1. The molecule has 0 fully saturated rings. The van der Waals surface area contributed by atoms with Gasteiger partial charge in [0, 0.05) is 10.9 Å². The molecule has 1 unspecified atom stereocenters. The quantitative estimate of drug-likeness (QED) is 0.730. The summed E-state index contributed by atoms with van der Waals surface area (Å²) in [5.41, 5.74) is 1.26. The molecular formula is C13H14BrNO5. The molecule has 0 aromatic heterocycles. The van der Waals surface area contributed by atoms with E-state index in [-0.39, 0.29) is 12.8 Å². The van der Waals surface area contributed by atoms with Crippen LogP contribution in [0.15, 0.2) is 22.7 Å². The molecule has 0 aliphatic carbocycles. The van der Waals surface area contributed by atoms with E-state index in [4.69, 9.17) is 10.2 Å². The number of aryl methyl sites for hydroxylation is 1. The number of aliphatic carboxylic acids is 2. The molecule has 20 heavy (non-hydrogen) atoms. The van der Waals surface area contributed by atoms with Crippen LogP contribution in [-0.2, 0) is 9.59 Å². The highest BCUT2D eigenvalue weighted by molar-refractivity contribution is 9.10. The summed E-state index contributed by atoms with van der Waals surface area (Å²) in [4.78, 5) is 33.4. The predicted molar refractivity (Wildman–Crippen MR) is 74.6 cm³/mol. The predicted octanol–water partition coefficient (Wildman–Crippen LogP) is 1.81. The molecule has 1 amide bonds. The van der Waals surface area contributed by atoms with E-state index in [1.165, 1.54) is 0 Å². The van der Waals surface area contributed by atoms with Crippen LogP contribution in [0.1, 0.15) is 28.8 Å². The third kappa shape index (κ3) is 4.65. The summed E-state index contributed by atoms with van der Waals surface area (Å²) in [6, 6.07) is 3.81. The van der Waals surface area contributed by atoms with Gasteiger partial charge >= 0.3 is 11.9 Å². The lowest BCUT2D eigenvalue weighted by Crippen LogP contribution is -2.41. The average Bonchev–Trinajstić information content (AvgIpc) is 2.33. The highest BCUT2D eigenvalue weighted by Crippen LogP contribution is 2.18. The van der Waals surface area contributed by atoms with Crippen molar-refractivity contribution < 1.29 is 24.6 Å². The number of carbonyl (C=O) groups is 3. The molecule has 6 nitrogen and oxygen atoms in total. The summed E-state index contributed by atoms with van der Waals surface area (Å²) >= 11 is 3.23. The van der Waals surface area contributed by atoms with Crippen molar-refractivity contribution in [1.82, 2.24) is 5.32 Å². The first-order chi connectivity index (χ1) is 9.31. The molecule has 0 spiro atoms. The minimum absolute atomic E-state index is 0.167. The van der Waals surface area contributed by atoms with Crippen LogP contribution in [0, 0.1) is 6.92 Å². The van der Waals surface area contributed by atoms with Crippen molar-refractivity contribution in [3.05, 3.63) is 33.8 Å². The Kier molecular flexibility index (Phi) is 5.69. The van der Waals surface area contributed by atoms with Gasteiger partial charge < -0.3 is 15.5 Å². The SMILES string of the molecule is Cc1ccc(C(=O)NC(CCC(=O)O)C(=O)O)c(Br)c1. The number of rotatable bonds is 6. The van der Waals surface area contributed by atoms with E-state index in [0.717, 1.165) is 5.56 Å². The first-order valence-corrected chi connectivity index (χ1v) is 6.62. The van der Waals surface area contributed by atoms with Crippen LogP contribution in [0.4, 0.5) is 0 Å². The van der Waals surface area contributed by atoms with Crippen LogP contribution in [0.3, 0.4) is 0 Å². The maximum Gasteiger partial charge on any atom is 0.326 e. The van der Waals surface area contributed by atoms with Gasteiger partial charge in [-0.15, -0.1) is 0 Å². The van der Waals surface area contributed by atoms with Crippen LogP contribution in [0.25, 0.3) is 0 Å². The van der Waals surface area contributed by atoms with Crippen molar-refractivity contribution in [3.8, 4) is 0 Å². The first kappa shape index (κ1) is 16.2. The molecule has 0 radical (unpaired) electrons. The molecule has 1 aromatic rings. The molecule has 108 valence electrons. The van der Waals surface area contributed by atoms with E-state index < -0.39 is 23.9 Å². The Labute approximate surface area is 123 Å². The van der Waals surface area contributed by atoms with Gasteiger partial charge in [0.05, 0.1) is 5.56 Å². The van der Waals surface area contributed by atoms with Gasteiger partial charge in [0.1, 0.15) is 6.04 Å². The molecule has 7 heteroatoms. The maximum atomic E-state index is 12.0. The Bertz CT molecular complexity index is 544. The van der Waals surface area contributed by atoms with Crippen LogP contribution >= 0.6 is 15.9 Å². The summed E-state index contributed by atoms with van der Waals surface area (Å²) < 4.78 is 0.553. The van der Waals surface area contributed by atoms with Crippen molar-refractivity contribution in [2.24, 2.45) is 0 Å². The van der Waals surface area contributed by atoms with Crippen LogP contribution in [0.5, 0.6) is 0 Å². The summed E-state index contributed by atoms with van der Waals surface area (Å²) in [7, 11) is 0. The van der Waals surface area contributed by atoms with E-state index >= 15 is 0 Å². The molecule has 0 bridgehead atoms. The topological polar surface area (TPSA) is 104 Å². The second kappa shape index (κ2) is 7.04. The zero-order valence-electron chi connectivity index (χ0n) is 10.7. The van der Waals surface area contributed by atoms with Gasteiger partial charge in [0.2, 0.25) is 0 Å². The number of carbonyl (C=O) groups excluding carboxylic acids is 1. The number of benzene rings is 1. The van der Waals surface area contributed by atoms with Gasteiger partial charge in [0.15, 0.2) is 0 Å². The molecule has 1 atom stereocenters. The highest BCUT2D eigenvalue weighted by atomic mass is 79.9.